The van der Waals surface area contributed by atoms with Gasteiger partial charge in [0, 0.05) is 35.7 Å². The predicted molar refractivity (Wildman–Crippen MR) is 228 cm³/mol. The van der Waals surface area contributed by atoms with Crippen LogP contribution in [0, 0.1) is 29.4 Å². The number of nitrogens with zero attached hydrogens (tertiary/aromatic N) is 7. The fraction of sp³-hybridized carbons (Fsp3) is 0.409. The van der Waals surface area contributed by atoms with E-state index < -0.39 is 103 Å². The zero-order valence-electron chi connectivity index (χ0n) is 36.0. The van der Waals surface area contributed by atoms with E-state index in [-0.39, 0.29) is 51.7 Å². The summed E-state index contributed by atoms with van der Waals surface area (Å²) in [5.74, 6) is -3.61. The van der Waals surface area contributed by atoms with Gasteiger partial charge in [-0.2, -0.15) is 32.1 Å². The van der Waals surface area contributed by atoms with E-state index in [4.69, 9.17) is 21.0 Å². The lowest BCUT2D eigenvalue weighted by molar-refractivity contribution is -0.142. The number of benzene rings is 2. The van der Waals surface area contributed by atoms with Crippen LogP contribution >= 0.6 is 11.6 Å². The summed E-state index contributed by atoms with van der Waals surface area (Å²) in [4.78, 5) is 19.0. The van der Waals surface area contributed by atoms with Gasteiger partial charge >= 0.3 is 12.2 Å². The van der Waals surface area contributed by atoms with Gasteiger partial charge in [0.15, 0.2) is 21.3 Å². The summed E-state index contributed by atoms with van der Waals surface area (Å²) in [6.07, 6.45) is -4.73. The van der Waals surface area contributed by atoms with Crippen LogP contribution in [0.1, 0.15) is 98.7 Å². The Labute approximate surface area is 382 Å². The molecular weight excluding hydrogens is 935 g/mol. The molecule has 3 atom stereocenters. The number of anilines is 2. The molecule has 0 bridgehead atoms. The average Bonchev–Trinajstić information content (AvgIpc) is 4.10. The first kappa shape index (κ1) is 46.1. The van der Waals surface area contributed by atoms with Gasteiger partial charge in [-0.3, -0.25) is 19.5 Å². The van der Waals surface area contributed by atoms with Gasteiger partial charge in [0.05, 0.1) is 32.9 Å². The lowest BCUT2D eigenvalue weighted by Crippen LogP contribution is -2.35. The zero-order chi connectivity index (χ0) is 48.3. The maximum absolute atomic E-state index is 15.6. The van der Waals surface area contributed by atoms with Crippen LogP contribution in [0.25, 0.3) is 22.0 Å². The monoisotopic (exact) mass is 973 g/mol. The Bertz CT molecular complexity index is 3180. The van der Waals surface area contributed by atoms with Crippen LogP contribution in [0.15, 0.2) is 46.9 Å². The number of sulfone groups is 1. The maximum Gasteiger partial charge on any atom is 0.435 e. The molecule has 3 N–H and O–H groups in total. The minimum atomic E-state index is -5.11. The molecule has 352 valence electrons. The van der Waals surface area contributed by atoms with Gasteiger partial charge in [0.2, 0.25) is 11.8 Å². The van der Waals surface area contributed by atoms with Crippen molar-refractivity contribution in [2.24, 2.45) is 13.0 Å². The third-order valence-electron chi connectivity index (χ3n) is 12.0. The molecule has 2 aromatic carbocycles. The third-order valence-corrected chi connectivity index (χ3v) is 15.2. The molecule has 2 saturated carbocycles. The standard InChI is InChI=1S/C44H39ClF7N9O5S/c1-41(2,67(64,65)24-7-8-24)13-12-23-6-9-25(26-10-11-29(45)33-35(26)60(5)59-38(33)55-40-57-56-39(66-40)42(3,4)63)34(53-23)30(16-20-14-21(46)17-22(47)15-20)54-31(62)19-61-37-32(36(58-61)44(50,51)52)27-18-28(27)43(37,48)49/h6,9-11,14-15,17,24,27-28,30,63H,7-8,16,18-19H2,1-5H3,(H,54,62)(H,55,57,59)/t27-,28+,30?/m0/s1. The predicted octanol–water partition coefficient (Wildman–Crippen LogP) is 8.15. The van der Waals surface area contributed by atoms with E-state index in [1.807, 2.05) is 0 Å². The number of halogens is 8. The van der Waals surface area contributed by atoms with Crippen LogP contribution in [0.3, 0.4) is 0 Å². The summed E-state index contributed by atoms with van der Waals surface area (Å²) in [7, 11) is -2.13. The molecule has 9 rings (SSSR count). The van der Waals surface area contributed by atoms with E-state index >= 15 is 8.78 Å². The smallest absolute Gasteiger partial charge is 0.405 e. The minimum absolute atomic E-state index is 0.0161. The van der Waals surface area contributed by atoms with Crippen molar-refractivity contribution in [3.05, 3.63) is 98.9 Å². The molecule has 67 heavy (non-hydrogen) atoms. The summed E-state index contributed by atoms with van der Waals surface area (Å²) in [6, 6.07) is 7.11. The highest BCUT2D eigenvalue weighted by atomic mass is 35.5. The van der Waals surface area contributed by atoms with Crippen molar-refractivity contribution < 1.29 is 53.5 Å². The lowest BCUT2D eigenvalue weighted by atomic mass is 9.93. The lowest BCUT2D eigenvalue weighted by Gasteiger charge is -2.23. The van der Waals surface area contributed by atoms with Gasteiger partial charge in [-0.25, -0.2) is 22.2 Å². The van der Waals surface area contributed by atoms with Crippen molar-refractivity contribution in [1.29, 1.82) is 0 Å². The van der Waals surface area contributed by atoms with Crippen LogP contribution in [0.5, 0.6) is 0 Å². The summed E-state index contributed by atoms with van der Waals surface area (Å²) in [5, 5.41) is 31.7. The molecule has 0 saturated heterocycles. The van der Waals surface area contributed by atoms with Crippen molar-refractivity contribution in [2.45, 2.75) is 99.6 Å². The van der Waals surface area contributed by atoms with Crippen LogP contribution in [0.4, 0.5) is 42.6 Å². The molecule has 0 aliphatic heterocycles. The van der Waals surface area contributed by atoms with Crippen molar-refractivity contribution in [1.82, 2.24) is 40.1 Å². The van der Waals surface area contributed by atoms with Crippen molar-refractivity contribution in [3.8, 4) is 23.0 Å². The summed E-state index contributed by atoms with van der Waals surface area (Å²) in [6.45, 7) is 4.67. The Kier molecular flexibility index (Phi) is 10.8. The molecule has 23 heteroatoms. The van der Waals surface area contributed by atoms with Crippen molar-refractivity contribution in [3.63, 3.8) is 0 Å². The van der Waals surface area contributed by atoms with Gasteiger partial charge in [-0.1, -0.05) is 28.7 Å². The summed E-state index contributed by atoms with van der Waals surface area (Å²) in [5.41, 5.74) is -3.85. The number of carbonyl (C=O) groups is 1. The van der Waals surface area contributed by atoms with Crippen molar-refractivity contribution >= 4 is 50.1 Å². The fourth-order valence-corrected chi connectivity index (χ4v) is 10.6. The number of carbonyl (C=O) groups excluding carboxylic acids is 1. The Morgan fingerprint density at radius 2 is 1.72 bits per heavy atom. The molecular formula is C44H39ClF7N9O5S. The first-order valence-corrected chi connectivity index (χ1v) is 22.7. The van der Waals surface area contributed by atoms with Crippen LogP contribution in [-0.4, -0.2) is 64.2 Å². The fourth-order valence-electron chi connectivity index (χ4n) is 8.57. The van der Waals surface area contributed by atoms with Crippen molar-refractivity contribution in [2.75, 3.05) is 5.32 Å². The van der Waals surface area contributed by atoms with E-state index in [0.29, 0.717) is 40.1 Å². The van der Waals surface area contributed by atoms with Crippen LogP contribution in [0.2, 0.25) is 5.02 Å². The Morgan fingerprint density at radius 3 is 2.36 bits per heavy atom. The molecule has 3 aliphatic carbocycles. The highest BCUT2D eigenvalue weighted by molar-refractivity contribution is 7.93. The Balaban J connectivity index is 1.19. The van der Waals surface area contributed by atoms with Gasteiger partial charge in [0.25, 0.3) is 5.92 Å². The first-order valence-electron chi connectivity index (χ1n) is 20.8. The van der Waals surface area contributed by atoms with Gasteiger partial charge in [-0.05, 0) is 101 Å². The molecule has 1 unspecified atom stereocenters. The van der Waals surface area contributed by atoms with E-state index in [2.05, 4.69) is 42.9 Å². The van der Waals surface area contributed by atoms with E-state index in [9.17, 15) is 40.3 Å². The highest BCUT2D eigenvalue weighted by Gasteiger charge is 2.68. The normalized spacial score (nSPS) is 18.3. The number of amides is 1. The largest absolute Gasteiger partial charge is 0.435 e. The molecule has 4 aromatic heterocycles. The van der Waals surface area contributed by atoms with E-state index in [0.717, 1.165) is 12.1 Å². The zero-order valence-corrected chi connectivity index (χ0v) is 37.6. The molecule has 14 nitrogen and oxygen atoms in total. The number of hydrogen-bond acceptors (Lipinski definition) is 11. The summed E-state index contributed by atoms with van der Waals surface area (Å²) >= 11 is 6.80. The molecule has 2 fully saturated rings. The number of aromatic nitrogens is 7. The number of alkyl halides is 5. The number of rotatable bonds is 12. The van der Waals surface area contributed by atoms with Gasteiger partial charge < -0.3 is 14.8 Å². The average molecular weight is 974 g/mol. The van der Waals surface area contributed by atoms with Crippen LogP contribution in [-0.2, 0) is 52.3 Å². The molecule has 0 spiro atoms. The number of nitrogens with one attached hydrogen (secondary N) is 2. The molecule has 1 amide bonds. The topological polar surface area (TPSA) is 183 Å². The number of aryl methyl sites for hydroxylation is 1. The molecule has 6 aromatic rings. The quantitative estimate of drug-likeness (QED) is 0.0795. The second-order valence-electron chi connectivity index (χ2n) is 18.0. The number of hydrogen-bond donors (Lipinski definition) is 3. The first-order chi connectivity index (χ1) is 31.2. The Morgan fingerprint density at radius 1 is 1.03 bits per heavy atom. The maximum atomic E-state index is 15.6. The second-order valence-corrected chi connectivity index (χ2v) is 21.1. The number of pyridine rings is 1. The van der Waals surface area contributed by atoms with Gasteiger partial charge in [-0.15, -0.1) is 5.10 Å². The number of fused-ring (bicyclic) bond motifs is 4. The van der Waals surface area contributed by atoms with E-state index in [1.165, 1.54) is 44.5 Å². The van der Waals surface area contributed by atoms with Gasteiger partial charge in [0.1, 0.15) is 39.9 Å². The Hall–Kier alpha value is -6.05. The molecule has 3 aliphatic rings. The van der Waals surface area contributed by atoms with E-state index in [1.54, 1.807) is 19.2 Å². The van der Waals surface area contributed by atoms with Crippen LogP contribution < -0.4 is 10.6 Å². The highest BCUT2D eigenvalue weighted by Crippen LogP contribution is 2.68. The molecule has 0 radical (unpaired) electrons. The third kappa shape index (κ3) is 8.39. The summed E-state index contributed by atoms with van der Waals surface area (Å²) < 4.78 is 136. The number of aliphatic hydroxyl groups is 1. The minimum Gasteiger partial charge on any atom is -0.405 e. The molecule has 4 heterocycles. The second kappa shape index (κ2) is 15.8. The SMILES string of the molecule is Cn1nc(Nc2nnc(C(C)(C)O)o2)c2c(Cl)ccc(-c3ccc(C#CC(C)(C)S(=O)(=O)C4CC4)nc3C(Cc3cc(F)cc(F)c3)NC(=O)Cn3nc(C(F)(F)F)c4c3C(F)(F)[C@@H]3C[C@H]43)c21.